The first kappa shape index (κ1) is 19.6. The van der Waals surface area contributed by atoms with Crippen LogP contribution in [0.2, 0.25) is 0 Å². The first-order chi connectivity index (χ1) is 12.6. The Hall–Kier alpha value is -2.70. The molecule has 2 aromatic carbocycles. The van der Waals surface area contributed by atoms with E-state index in [0.717, 1.165) is 5.56 Å². The lowest BCUT2D eigenvalue weighted by atomic mass is 10.0. The summed E-state index contributed by atoms with van der Waals surface area (Å²) >= 11 is 1.43. The molecule has 0 atom stereocenters. The highest BCUT2D eigenvalue weighted by atomic mass is 32.2. The minimum Gasteiger partial charge on any atom is -0.396 e. The van der Waals surface area contributed by atoms with Crippen LogP contribution in [0.15, 0.2) is 72.3 Å². The van der Waals surface area contributed by atoms with E-state index in [2.05, 4.69) is 0 Å². The zero-order valence-electron chi connectivity index (χ0n) is 14.1. The first-order valence-corrected chi connectivity index (χ1v) is 9.17. The minimum atomic E-state index is -0.518. The molecule has 0 bridgehead atoms. The highest BCUT2D eigenvalue weighted by molar-refractivity contribution is 7.99. The number of non-ortho nitro benzene ring substituents is 1. The molecular weight excluding hydrogens is 350 g/mol. The number of aliphatic hydroxyl groups is 1. The zero-order chi connectivity index (χ0) is 18.8. The lowest BCUT2D eigenvalue weighted by Crippen LogP contribution is -2.07. The Morgan fingerprint density at radius 3 is 2.62 bits per heavy atom. The second-order valence-electron chi connectivity index (χ2n) is 5.37. The predicted octanol–water partition coefficient (Wildman–Crippen LogP) is 4.14. The van der Waals surface area contributed by atoms with Gasteiger partial charge in [0.25, 0.3) is 5.69 Å². The van der Waals surface area contributed by atoms with E-state index in [9.17, 15) is 14.9 Å². The van der Waals surface area contributed by atoms with Gasteiger partial charge in [0.05, 0.1) is 11.5 Å². The van der Waals surface area contributed by atoms with E-state index in [-0.39, 0.29) is 23.6 Å². The molecule has 0 unspecified atom stereocenters. The van der Waals surface area contributed by atoms with E-state index in [1.54, 1.807) is 18.2 Å². The maximum absolute atomic E-state index is 12.8. The smallest absolute Gasteiger partial charge is 0.270 e. The average molecular weight is 369 g/mol. The molecule has 0 saturated heterocycles. The third-order valence-corrected chi connectivity index (χ3v) is 4.48. The van der Waals surface area contributed by atoms with Crippen LogP contribution in [-0.4, -0.2) is 33.9 Å². The fraction of sp³-hybridized carbons (Fsp3) is 0.150. The van der Waals surface area contributed by atoms with Crippen molar-refractivity contribution >= 4 is 29.3 Å². The van der Waals surface area contributed by atoms with Gasteiger partial charge in [0.2, 0.25) is 0 Å². The Labute approximate surface area is 156 Å². The van der Waals surface area contributed by atoms with Gasteiger partial charge in [0.15, 0.2) is 5.78 Å². The Kier molecular flexibility index (Phi) is 7.79. The Bertz CT molecular complexity index is 816. The monoisotopic (exact) mass is 369 g/mol. The molecule has 5 nitrogen and oxygen atoms in total. The van der Waals surface area contributed by atoms with Crippen LogP contribution in [-0.2, 0) is 0 Å². The van der Waals surface area contributed by atoms with Gasteiger partial charge in [0.1, 0.15) is 0 Å². The minimum absolute atomic E-state index is 0.0306. The number of carbonyl (C=O) groups excluding carboxylic acids is 1. The number of ketones is 1. The molecule has 134 valence electrons. The number of hydrogen-bond acceptors (Lipinski definition) is 5. The molecule has 1 N–H and O–H groups in total. The standard InChI is InChI=1S/C20H19NO4S/c22-12-13-26-15-18(10-4-8-16-6-2-1-3-7-16)20(23)17-9-5-11-19(14-17)21(24)25/h1-11,14,22H,12-13,15H2/b8-4+,18-10+. The summed E-state index contributed by atoms with van der Waals surface area (Å²) < 4.78 is 0. The van der Waals surface area contributed by atoms with Crippen molar-refractivity contribution in [2.24, 2.45) is 0 Å². The van der Waals surface area contributed by atoms with Crippen LogP contribution < -0.4 is 0 Å². The Morgan fingerprint density at radius 2 is 1.92 bits per heavy atom. The summed E-state index contributed by atoms with van der Waals surface area (Å²) in [4.78, 5) is 23.2. The van der Waals surface area contributed by atoms with E-state index in [1.807, 2.05) is 36.4 Å². The van der Waals surface area contributed by atoms with Gasteiger partial charge in [-0.15, -0.1) is 0 Å². The predicted molar refractivity (Wildman–Crippen MR) is 105 cm³/mol. The number of nitro groups is 1. The van der Waals surface area contributed by atoms with Crippen molar-refractivity contribution in [2.45, 2.75) is 0 Å². The van der Waals surface area contributed by atoms with E-state index in [4.69, 9.17) is 5.11 Å². The van der Waals surface area contributed by atoms with E-state index in [0.29, 0.717) is 17.1 Å². The van der Waals surface area contributed by atoms with Crippen LogP contribution in [0.1, 0.15) is 15.9 Å². The van der Waals surface area contributed by atoms with Crippen molar-refractivity contribution in [3.05, 3.63) is 93.6 Å². The molecule has 26 heavy (non-hydrogen) atoms. The molecule has 0 heterocycles. The summed E-state index contributed by atoms with van der Waals surface area (Å²) in [6.45, 7) is 0.0306. The summed E-state index contributed by atoms with van der Waals surface area (Å²) in [7, 11) is 0. The molecule has 0 saturated carbocycles. The maximum Gasteiger partial charge on any atom is 0.270 e. The summed E-state index contributed by atoms with van der Waals surface area (Å²) in [5, 5.41) is 19.9. The van der Waals surface area contributed by atoms with Gasteiger partial charge in [0, 0.05) is 34.8 Å². The van der Waals surface area contributed by atoms with Crippen LogP contribution in [0.25, 0.3) is 6.08 Å². The fourth-order valence-corrected chi connectivity index (χ4v) is 2.94. The number of thioether (sulfide) groups is 1. The van der Waals surface area contributed by atoms with Crippen LogP contribution in [0.5, 0.6) is 0 Å². The van der Waals surface area contributed by atoms with Crippen LogP contribution in [0.4, 0.5) is 5.69 Å². The quantitative estimate of drug-likeness (QED) is 0.179. The summed E-state index contributed by atoms with van der Waals surface area (Å²) in [5.74, 6) is 0.681. The molecule has 0 spiro atoms. The third kappa shape index (κ3) is 5.98. The lowest BCUT2D eigenvalue weighted by Gasteiger charge is -2.06. The van der Waals surface area contributed by atoms with Crippen molar-refractivity contribution < 1.29 is 14.8 Å². The number of allylic oxidation sites excluding steroid dienone is 2. The van der Waals surface area contributed by atoms with Crippen LogP contribution in [0.3, 0.4) is 0 Å². The van der Waals surface area contributed by atoms with Gasteiger partial charge in [-0.1, -0.05) is 60.7 Å². The fourth-order valence-electron chi connectivity index (χ4n) is 2.22. The number of Topliss-reactive ketones (excluding diaryl/α,β-unsaturated/α-hetero) is 1. The second kappa shape index (κ2) is 10.3. The van der Waals surface area contributed by atoms with Crippen molar-refractivity contribution in [2.75, 3.05) is 18.1 Å². The molecule has 0 aliphatic rings. The molecule has 0 radical (unpaired) electrons. The number of carbonyl (C=O) groups is 1. The normalized spacial score (nSPS) is 11.7. The van der Waals surface area contributed by atoms with Gasteiger partial charge >= 0.3 is 0 Å². The van der Waals surface area contributed by atoms with E-state index < -0.39 is 4.92 Å². The lowest BCUT2D eigenvalue weighted by molar-refractivity contribution is -0.384. The molecular formula is C20H19NO4S. The molecule has 6 heteroatoms. The zero-order valence-corrected chi connectivity index (χ0v) is 14.9. The number of aliphatic hydroxyl groups excluding tert-OH is 1. The van der Waals surface area contributed by atoms with Gasteiger partial charge in [-0.25, -0.2) is 0 Å². The molecule has 0 fully saturated rings. The number of hydrogen-bond donors (Lipinski definition) is 1. The summed E-state index contributed by atoms with van der Waals surface area (Å²) in [6, 6.07) is 15.4. The van der Waals surface area contributed by atoms with Gasteiger partial charge in [-0.3, -0.25) is 14.9 Å². The molecule has 0 aliphatic carbocycles. The van der Waals surface area contributed by atoms with Crippen molar-refractivity contribution in [1.82, 2.24) is 0 Å². The Balaban J connectivity index is 2.23. The average Bonchev–Trinajstić information content (AvgIpc) is 2.67. The number of benzene rings is 2. The summed E-state index contributed by atoms with van der Waals surface area (Å²) in [6.07, 6.45) is 5.40. The van der Waals surface area contributed by atoms with Crippen LogP contribution >= 0.6 is 11.8 Å². The maximum atomic E-state index is 12.8. The van der Waals surface area contributed by atoms with Gasteiger partial charge in [-0.2, -0.15) is 11.8 Å². The van der Waals surface area contributed by atoms with Crippen molar-refractivity contribution in [3.63, 3.8) is 0 Å². The number of nitro benzene ring substituents is 1. The largest absolute Gasteiger partial charge is 0.396 e. The van der Waals surface area contributed by atoms with Gasteiger partial charge < -0.3 is 5.11 Å². The number of nitrogens with zero attached hydrogens (tertiary/aromatic N) is 1. The highest BCUT2D eigenvalue weighted by Gasteiger charge is 2.15. The molecule has 0 aliphatic heterocycles. The van der Waals surface area contributed by atoms with Crippen LogP contribution in [0, 0.1) is 10.1 Å². The molecule has 0 aromatic heterocycles. The van der Waals surface area contributed by atoms with Gasteiger partial charge in [-0.05, 0) is 5.56 Å². The van der Waals surface area contributed by atoms with Crippen molar-refractivity contribution in [1.29, 1.82) is 0 Å². The van der Waals surface area contributed by atoms with E-state index in [1.165, 1.54) is 30.0 Å². The molecule has 2 rings (SSSR count). The molecule has 2 aromatic rings. The molecule has 0 amide bonds. The Morgan fingerprint density at radius 1 is 1.15 bits per heavy atom. The second-order valence-corrected chi connectivity index (χ2v) is 6.48. The number of rotatable bonds is 9. The topological polar surface area (TPSA) is 80.4 Å². The van der Waals surface area contributed by atoms with Crippen molar-refractivity contribution in [3.8, 4) is 0 Å². The highest BCUT2D eigenvalue weighted by Crippen LogP contribution is 2.19. The first-order valence-electron chi connectivity index (χ1n) is 8.02. The summed E-state index contributed by atoms with van der Waals surface area (Å²) in [5.41, 5.74) is 1.70. The van der Waals surface area contributed by atoms with E-state index >= 15 is 0 Å². The SMILES string of the molecule is O=C(/C(=C/C=C/c1ccccc1)CSCCO)c1cccc([N+](=O)[O-])c1. The third-order valence-electron chi connectivity index (χ3n) is 3.49.